The minimum absolute atomic E-state index is 0.115. The first-order valence-electron chi connectivity index (χ1n) is 10.3. The van der Waals surface area contributed by atoms with E-state index in [1.165, 1.54) is 16.0 Å². The summed E-state index contributed by atoms with van der Waals surface area (Å²) in [5.74, 6) is -0.767. The summed E-state index contributed by atoms with van der Waals surface area (Å²) in [6.07, 6.45) is 1.61. The Hall–Kier alpha value is -4.63. The molecule has 2 aromatic heterocycles. The molecule has 2 heterocycles. The molecule has 0 saturated carbocycles. The SMILES string of the molecule is O=C(Nc1nccs1)c1ccc(NC(=O)c2nn(-c3ccccc3)c(=O)c3ccccc23)cc1. The van der Waals surface area contributed by atoms with Gasteiger partial charge in [0.2, 0.25) is 0 Å². The van der Waals surface area contributed by atoms with Gasteiger partial charge in [-0.15, -0.1) is 11.3 Å². The summed E-state index contributed by atoms with van der Waals surface area (Å²) >= 11 is 1.33. The first-order valence-corrected chi connectivity index (χ1v) is 11.2. The molecule has 0 aliphatic heterocycles. The van der Waals surface area contributed by atoms with Crippen LogP contribution in [0.4, 0.5) is 10.8 Å². The zero-order chi connectivity index (χ0) is 23.5. The Bertz CT molecular complexity index is 1550. The third-order valence-electron chi connectivity index (χ3n) is 5.08. The van der Waals surface area contributed by atoms with E-state index in [4.69, 9.17) is 0 Å². The number of nitrogens with zero attached hydrogens (tertiary/aromatic N) is 3. The van der Waals surface area contributed by atoms with Crippen LogP contribution in [0.15, 0.2) is 95.2 Å². The molecule has 0 unspecified atom stereocenters. The molecule has 2 amide bonds. The zero-order valence-corrected chi connectivity index (χ0v) is 18.5. The molecular formula is C25H17N5O3S. The van der Waals surface area contributed by atoms with Crippen molar-refractivity contribution in [3.63, 3.8) is 0 Å². The lowest BCUT2D eigenvalue weighted by Crippen LogP contribution is -2.26. The van der Waals surface area contributed by atoms with Gasteiger partial charge in [0.25, 0.3) is 17.4 Å². The van der Waals surface area contributed by atoms with Crippen LogP contribution in [0.2, 0.25) is 0 Å². The van der Waals surface area contributed by atoms with Gasteiger partial charge in [-0.05, 0) is 42.5 Å². The predicted molar refractivity (Wildman–Crippen MR) is 132 cm³/mol. The lowest BCUT2D eigenvalue weighted by molar-refractivity contribution is 0.101. The Morgan fingerprint density at radius 1 is 0.794 bits per heavy atom. The molecule has 0 atom stereocenters. The third kappa shape index (κ3) is 4.19. The number of aromatic nitrogens is 3. The molecule has 2 N–H and O–H groups in total. The highest BCUT2D eigenvalue weighted by molar-refractivity contribution is 7.13. The van der Waals surface area contributed by atoms with Crippen LogP contribution in [0.5, 0.6) is 0 Å². The van der Waals surface area contributed by atoms with Crippen molar-refractivity contribution in [2.75, 3.05) is 10.6 Å². The Balaban J connectivity index is 1.44. The molecule has 0 spiro atoms. The van der Waals surface area contributed by atoms with Crippen molar-refractivity contribution < 1.29 is 9.59 Å². The fraction of sp³-hybridized carbons (Fsp3) is 0. The highest BCUT2D eigenvalue weighted by Crippen LogP contribution is 2.18. The molecule has 0 radical (unpaired) electrons. The number of rotatable bonds is 5. The maximum atomic E-state index is 13.2. The number of carbonyl (C=O) groups excluding carboxylic acids is 2. The van der Waals surface area contributed by atoms with Crippen molar-refractivity contribution in [2.24, 2.45) is 0 Å². The van der Waals surface area contributed by atoms with Crippen molar-refractivity contribution >= 4 is 44.7 Å². The zero-order valence-electron chi connectivity index (χ0n) is 17.6. The Morgan fingerprint density at radius 2 is 1.50 bits per heavy atom. The average Bonchev–Trinajstić information content (AvgIpc) is 3.38. The van der Waals surface area contributed by atoms with Crippen LogP contribution in [0.1, 0.15) is 20.8 Å². The molecule has 34 heavy (non-hydrogen) atoms. The molecule has 0 fully saturated rings. The number of nitrogens with one attached hydrogen (secondary N) is 2. The van der Waals surface area contributed by atoms with Crippen LogP contribution in [0.25, 0.3) is 16.5 Å². The third-order valence-corrected chi connectivity index (χ3v) is 5.77. The Labute approximate surface area is 197 Å². The number of para-hydroxylation sites is 1. The molecule has 0 aliphatic carbocycles. The normalized spacial score (nSPS) is 10.7. The molecular weight excluding hydrogens is 450 g/mol. The molecule has 0 bridgehead atoms. The number of benzene rings is 3. The monoisotopic (exact) mass is 467 g/mol. The number of hydrogen-bond donors (Lipinski definition) is 2. The number of fused-ring (bicyclic) bond motifs is 1. The summed E-state index contributed by atoms with van der Waals surface area (Å²) < 4.78 is 1.23. The molecule has 9 heteroatoms. The molecule has 0 saturated heterocycles. The van der Waals surface area contributed by atoms with Gasteiger partial charge in [-0.1, -0.05) is 36.4 Å². The second-order valence-electron chi connectivity index (χ2n) is 7.27. The summed E-state index contributed by atoms with van der Waals surface area (Å²) in [7, 11) is 0. The Kier molecular flexibility index (Phi) is 5.67. The summed E-state index contributed by atoms with van der Waals surface area (Å²) in [4.78, 5) is 42.6. The summed E-state index contributed by atoms with van der Waals surface area (Å²) in [6, 6.07) is 22.3. The molecule has 5 rings (SSSR count). The highest BCUT2D eigenvalue weighted by Gasteiger charge is 2.18. The van der Waals surface area contributed by atoms with Gasteiger partial charge in [-0.3, -0.25) is 19.7 Å². The van der Waals surface area contributed by atoms with Crippen molar-refractivity contribution in [2.45, 2.75) is 0 Å². The van der Waals surface area contributed by atoms with E-state index in [2.05, 4.69) is 20.7 Å². The molecule has 8 nitrogen and oxygen atoms in total. The van der Waals surface area contributed by atoms with Gasteiger partial charge in [-0.2, -0.15) is 9.78 Å². The van der Waals surface area contributed by atoms with E-state index in [9.17, 15) is 14.4 Å². The number of carbonyl (C=O) groups is 2. The smallest absolute Gasteiger partial charge is 0.279 e. The second-order valence-corrected chi connectivity index (χ2v) is 8.16. The van der Waals surface area contributed by atoms with Crippen molar-refractivity contribution in [1.29, 1.82) is 0 Å². The van der Waals surface area contributed by atoms with Crippen molar-refractivity contribution in [3.05, 3.63) is 112 Å². The largest absolute Gasteiger partial charge is 0.321 e. The average molecular weight is 468 g/mol. The number of thiazole rings is 1. The van der Waals surface area contributed by atoms with Crippen LogP contribution >= 0.6 is 11.3 Å². The van der Waals surface area contributed by atoms with Crippen LogP contribution in [-0.4, -0.2) is 26.6 Å². The minimum atomic E-state index is -0.471. The van der Waals surface area contributed by atoms with Crippen LogP contribution in [-0.2, 0) is 0 Å². The fourth-order valence-electron chi connectivity index (χ4n) is 3.45. The van der Waals surface area contributed by atoms with Gasteiger partial charge in [0.15, 0.2) is 10.8 Å². The van der Waals surface area contributed by atoms with E-state index in [0.717, 1.165) is 0 Å². The van der Waals surface area contributed by atoms with Crippen LogP contribution < -0.4 is 16.2 Å². The van der Waals surface area contributed by atoms with Gasteiger partial charge in [0, 0.05) is 28.2 Å². The quantitative estimate of drug-likeness (QED) is 0.400. The number of anilines is 2. The Morgan fingerprint density at radius 3 is 2.21 bits per heavy atom. The lowest BCUT2D eigenvalue weighted by atomic mass is 10.1. The number of hydrogen-bond acceptors (Lipinski definition) is 6. The van der Waals surface area contributed by atoms with Crippen LogP contribution in [0.3, 0.4) is 0 Å². The van der Waals surface area contributed by atoms with Gasteiger partial charge in [0.1, 0.15) is 0 Å². The van der Waals surface area contributed by atoms with Gasteiger partial charge in [0.05, 0.1) is 11.1 Å². The van der Waals surface area contributed by atoms with Gasteiger partial charge in [-0.25, -0.2) is 4.98 Å². The molecule has 5 aromatic rings. The standard InChI is InChI=1S/C25H17N5O3S/c31-22(28-25-26-14-15-34-25)16-10-12-17(13-11-16)27-23(32)21-19-8-4-5-9-20(19)24(33)30(29-21)18-6-2-1-3-7-18/h1-15H,(H,27,32)(H,26,28,31). The van der Waals surface area contributed by atoms with E-state index < -0.39 is 5.91 Å². The maximum Gasteiger partial charge on any atom is 0.279 e. The predicted octanol–water partition coefficient (Wildman–Crippen LogP) is 4.35. The molecule has 3 aromatic carbocycles. The topological polar surface area (TPSA) is 106 Å². The van der Waals surface area contributed by atoms with E-state index >= 15 is 0 Å². The van der Waals surface area contributed by atoms with Gasteiger partial charge >= 0.3 is 0 Å². The van der Waals surface area contributed by atoms with E-state index in [0.29, 0.717) is 32.8 Å². The highest BCUT2D eigenvalue weighted by atomic mass is 32.1. The second kappa shape index (κ2) is 9.08. The minimum Gasteiger partial charge on any atom is -0.321 e. The van der Waals surface area contributed by atoms with Crippen LogP contribution in [0, 0.1) is 0 Å². The molecule has 0 aliphatic rings. The van der Waals surface area contributed by atoms with E-state index in [-0.39, 0.29) is 17.2 Å². The fourth-order valence-corrected chi connectivity index (χ4v) is 3.98. The van der Waals surface area contributed by atoms with Crippen molar-refractivity contribution in [1.82, 2.24) is 14.8 Å². The maximum absolute atomic E-state index is 13.2. The van der Waals surface area contributed by atoms with Gasteiger partial charge < -0.3 is 5.32 Å². The number of amides is 2. The first-order chi connectivity index (χ1) is 16.6. The summed E-state index contributed by atoms with van der Waals surface area (Å²) in [5, 5.41) is 13.0. The summed E-state index contributed by atoms with van der Waals surface area (Å²) in [6.45, 7) is 0. The lowest BCUT2D eigenvalue weighted by Gasteiger charge is -2.11. The first kappa shape index (κ1) is 21.2. The van der Waals surface area contributed by atoms with E-state index in [1.54, 1.807) is 84.4 Å². The van der Waals surface area contributed by atoms with Crippen molar-refractivity contribution in [3.8, 4) is 5.69 Å². The summed E-state index contributed by atoms with van der Waals surface area (Å²) in [5.41, 5.74) is 1.27. The molecule has 166 valence electrons. The van der Waals surface area contributed by atoms with E-state index in [1.807, 2.05) is 6.07 Å².